The Morgan fingerprint density at radius 1 is 0.943 bits per heavy atom. The normalized spacial score (nSPS) is 17.4. The second-order valence-electron chi connectivity index (χ2n) is 8.01. The van der Waals surface area contributed by atoms with Crippen LogP contribution in [0.2, 0.25) is 0 Å². The number of rotatable bonds is 6. The van der Waals surface area contributed by atoms with Crippen LogP contribution < -0.4 is 10.6 Å². The van der Waals surface area contributed by atoms with Gasteiger partial charge in [0.1, 0.15) is 5.82 Å². The van der Waals surface area contributed by atoms with Crippen LogP contribution in [0.25, 0.3) is 10.4 Å². The van der Waals surface area contributed by atoms with Crippen molar-refractivity contribution in [1.29, 1.82) is 0 Å². The predicted molar refractivity (Wildman–Crippen MR) is 122 cm³/mol. The molecule has 3 N–H and O–H groups in total. The van der Waals surface area contributed by atoms with E-state index in [0.717, 1.165) is 35.6 Å². The van der Waals surface area contributed by atoms with Crippen LogP contribution in [0.4, 0.5) is 33.7 Å². The second kappa shape index (κ2) is 9.49. The molecule has 3 aromatic rings. The number of urea groups is 1. The van der Waals surface area contributed by atoms with Crippen molar-refractivity contribution < 1.29 is 37.1 Å². The molecule has 1 heterocycles. The van der Waals surface area contributed by atoms with Crippen LogP contribution in [0.15, 0.2) is 54.6 Å². The van der Waals surface area contributed by atoms with E-state index in [-0.39, 0.29) is 17.2 Å². The van der Waals surface area contributed by atoms with Gasteiger partial charge in [-0.05, 0) is 60.9 Å². The van der Waals surface area contributed by atoms with Crippen LogP contribution in [0.1, 0.15) is 28.1 Å². The predicted octanol–water partition coefficient (Wildman–Crippen LogP) is 6.51. The fourth-order valence-corrected chi connectivity index (χ4v) is 4.75. The van der Waals surface area contributed by atoms with Crippen molar-refractivity contribution in [1.82, 2.24) is 0 Å². The zero-order valence-electron chi connectivity index (χ0n) is 17.9. The van der Waals surface area contributed by atoms with E-state index in [1.807, 2.05) is 0 Å². The summed E-state index contributed by atoms with van der Waals surface area (Å²) >= 11 is 1.12. The molecule has 1 aliphatic rings. The summed E-state index contributed by atoms with van der Waals surface area (Å²) in [5, 5.41) is 13.6. The molecule has 0 bridgehead atoms. The van der Waals surface area contributed by atoms with E-state index in [1.54, 1.807) is 12.1 Å². The van der Waals surface area contributed by atoms with Gasteiger partial charge in [-0.15, -0.1) is 11.3 Å². The molecule has 0 aliphatic heterocycles. The smallest absolute Gasteiger partial charge is 0.416 e. The molecule has 35 heavy (non-hydrogen) atoms. The zero-order chi connectivity index (χ0) is 25.3. The number of carbonyl (C=O) groups is 3. The van der Waals surface area contributed by atoms with Gasteiger partial charge in [0.2, 0.25) is 0 Å². The van der Waals surface area contributed by atoms with Gasteiger partial charge in [0.05, 0.1) is 22.0 Å². The third-order valence-electron chi connectivity index (χ3n) is 5.73. The number of halogens is 4. The Hall–Kier alpha value is -3.73. The fourth-order valence-electron chi connectivity index (χ4n) is 3.75. The first kappa shape index (κ1) is 24.4. The summed E-state index contributed by atoms with van der Waals surface area (Å²) in [7, 11) is 0. The van der Waals surface area contributed by atoms with Crippen molar-refractivity contribution >= 4 is 40.5 Å². The first-order chi connectivity index (χ1) is 16.5. The van der Waals surface area contributed by atoms with Crippen LogP contribution in [-0.2, 0) is 11.0 Å². The first-order valence-corrected chi connectivity index (χ1v) is 11.3. The highest BCUT2D eigenvalue weighted by Gasteiger charge is 2.42. The highest BCUT2D eigenvalue weighted by Crippen LogP contribution is 2.39. The van der Waals surface area contributed by atoms with E-state index in [9.17, 15) is 31.9 Å². The Labute approximate surface area is 200 Å². The Bertz CT molecular complexity index is 1300. The number of ketones is 1. The first-order valence-electron chi connectivity index (χ1n) is 10.4. The van der Waals surface area contributed by atoms with Crippen molar-refractivity contribution in [3.05, 3.63) is 70.9 Å². The Kier molecular flexibility index (Phi) is 6.62. The number of carbonyl (C=O) groups excluding carboxylic acids is 2. The molecule has 0 saturated heterocycles. The molecule has 1 fully saturated rings. The molecule has 1 aliphatic carbocycles. The third-order valence-corrected chi connectivity index (χ3v) is 6.88. The lowest BCUT2D eigenvalue weighted by Crippen LogP contribution is -2.37. The standard InChI is InChI=1S/C24H18F4N2O4S/c25-17-10-12(19-8-9-20(35-19)21(31)15-5-6-16(15)22(32)33)4-7-18(17)30-23(34)29-14-3-1-2-13(11-14)24(26,27)28/h1-4,7-11,15-16H,5-6H2,(H,32,33)(H2,29,30,34)/t15-,16-/m1/s1. The molecule has 2 aromatic carbocycles. The number of carboxylic acids is 1. The van der Waals surface area contributed by atoms with E-state index in [0.29, 0.717) is 28.2 Å². The molecule has 0 unspecified atom stereocenters. The van der Waals surface area contributed by atoms with Crippen molar-refractivity contribution in [3.63, 3.8) is 0 Å². The number of aliphatic carboxylic acids is 1. The molecular weight excluding hydrogens is 488 g/mol. The highest BCUT2D eigenvalue weighted by atomic mass is 32.1. The van der Waals surface area contributed by atoms with Crippen LogP contribution in [0.3, 0.4) is 0 Å². The minimum absolute atomic E-state index is 0.110. The summed E-state index contributed by atoms with van der Waals surface area (Å²) in [6, 6.07) is 10.3. The summed E-state index contributed by atoms with van der Waals surface area (Å²) < 4.78 is 53.1. The molecule has 182 valence electrons. The number of amides is 2. The minimum Gasteiger partial charge on any atom is -0.481 e. The van der Waals surface area contributed by atoms with Crippen LogP contribution in [0.5, 0.6) is 0 Å². The molecule has 6 nitrogen and oxygen atoms in total. The van der Waals surface area contributed by atoms with Gasteiger partial charge in [-0.3, -0.25) is 9.59 Å². The van der Waals surface area contributed by atoms with Gasteiger partial charge in [-0.2, -0.15) is 13.2 Å². The lowest BCUT2D eigenvalue weighted by molar-refractivity contribution is -0.146. The Balaban J connectivity index is 1.43. The minimum atomic E-state index is -4.57. The van der Waals surface area contributed by atoms with E-state index in [4.69, 9.17) is 5.11 Å². The van der Waals surface area contributed by atoms with Crippen LogP contribution >= 0.6 is 11.3 Å². The maximum atomic E-state index is 14.6. The number of Topliss-reactive ketones (excluding diaryl/α,β-unsaturated/α-hetero) is 1. The molecule has 0 spiro atoms. The van der Waals surface area contributed by atoms with Crippen molar-refractivity contribution in [2.24, 2.45) is 11.8 Å². The van der Waals surface area contributed by atoms with Crippen molar-refractivity contribution in [2.45, 2.75) is 19.0 Å². The number of anilines is 2. The largest absolute Gasteiger partial charge is 0.481 e. The molecule has 11 heteroatoms. The molecule has 1 saturated carbocycles. The van der Waals surface area contributed by atoms with E-state index < -0.39 is 41.4 Å². The number of hydrogen-bond donors (Lipinski definition) is 3. The van der Waals surface area contributed by atoms with Gasteiger partial charge >= 0.3 is 18.2 Å². The third kappa shape index (κ3) is 5.35. The van der Waals surface area contributed by atoms with Crippen LogP contribution in [-0.4, -0.2) is 22.9 Å². The molecular formula is C24H18F4N2O4S. The van der Waals surface area contributed by atoms with Gasteiger partial charge in [-0.25, -0.2) is 9.18 Å². The molecule has 4 rings (SSSR count). The summed E-state index contributed by atoms with van der Waals surface area (Å²) in [4.78, 5) is 36.9. The van der Waals surface area contributed by atoms with Crippen molar-refractivity contribution in [2.75, 3.05) is 10.6 Å². The molecule has 1 aromatic heterocycles. The summed E-state index contributed by atoms with van der Waals surface area (Å²) in [5.74, 6) is -3.26. The Morgan fingerprint density at radius 3 is 2.31 bits per heavy atom. The second-order valence-corrected chi connectivity index (χ2v) is 9.09. The zero-order valence-corrected chi connectivity index (χ0v) is 18.7. The van der Waals surface area contributed by atoms with E-state index in [2.05, 4.69) is 10.6 Å². The SMILES string of the molecule is O=C(Nc1cccc(C(F)(F)F)c1)Nc1ccc(-c2ccc(C(=O)[C@@H]3CC[C@H]3C(=O)O)s2)cc1F. The Morgan fingerprint density at radius 2 is 1.69 bits per heavy atom. The van der Waals surface area contributed by atoms with Crippen molar-refractivity contribution in [3.8, 4) is 10.4 Å². The van der Waals surface area contributed by atoms with Gasteiger partial charge in [-0.1, -0.05) is 12.1 Å². The maximum absolute atomic E-state index is 14.6. The monoisotopic (exact) mass is 506 g/mol. The lowest BCUT2D eigenvalue weighted by Gasteiger charge is -2.31. The lowest BCUT2D eigenvalue weighted by atomic mass is 9.71. The van der Waals surface area contributed by atoms with E-state index in [1.165, 1.54) is 18.2 Å². The quantitative estimate of drug-likeness (QED) is 0.262. The molecule has 2 amide bonds. The average molecular weight is 506 g/mol. The number of nitrogens with one attached hydrogen (secondary N) is 2. The average Bonchev–Trinajstić information content (AvgIpc) is 3.24. The van der Waals surface area contributed by atoms with Gasteiger partial charge in [0.25, 0.3) is 0 Å². The summed E-state index contributed by atoms with van der Waals surface area (Å²) in [6.07, 6.45) is -3.59. The topological polar surface area (TPSA) is 95.5 Å². The van der Waals surface area contributed by atoms with Gasteiger partial charge < -0.3 is 15.7 Å². The van der Waals surface area contributed by atoms with Crippen LogP contribution in [0, 0.1) is 17.7 Å². The number of alkyl halides is 3. The molecule has 2 atom stereocenters. The van der Waals surface area contributed by atoms with Gasteiger partial charge in [0, 0.05) is 16.5 Å². The number of benzene rings is 2. The summed E-state index contributed by atoms with van der Waals surface area (Å²) in [5.41, 5.74) is -0.791. The maximum Gasteiger partial charge on any atom is 0.416 e. The fraction of sp³-hybridized carbons (Fsp3) is 0.208. The summed E-state index contributed by atoms with van der Waals surface area (Å²) in [6.45, 7) is 0. The number of carboxylic acid groups (broad SMARTS) is 1. The van der Waals surface area contributed by atoms with Gasteiger partial charge in [0.15, 0.2) is 5.78 Å². The van der Waals surface area contributed by atoms with E-state index >= 15 is 0 Å². The number of thiophene rings is 1. The highest BCUT2D eigenvalue weighted by molar-refractivity contribution is 7.17. The molecule has 0 radical (unpaired) electrons. The number of hydrogen-bond acceptors (Lipinski definition) is 4.